The molecule has 1 aromatic carbocycles. The van der Waals surface area contributed by atoms with Crippen LogP contribution in [-0.4, -0.2) is 155 Å². The van der Waals surface area contributed by atoms with Crippen molar-refractivity contribution in [3.63, 3.8) is 0 Å². The molecule has 3 aliphatic heterocycles. The second-order valence-electron chi connectivity index (χ2n) is 20.6. The van der Waals surface area contributed by atoms with E-state index in [9.17, 15) is 25.2 Å². The predicted molar refractivity (Wildman–Crippen MR) is 242 cm³/mol. The molecule has 0 aliphatic carbocycles. The smallest absolute Gasteiger partial charge is 0.311 e. The largest absolute Gasteiger partial charge is 0.459 e. The molecule has 2 aromatic rings. The SMILES string of the molecule is CC[C@H]1OC(=O)[C@H](C)[C@H](O[C@@H]2C[C@](C)(OC)[C@@](O)(CNCc3c[nH]c4ccccc34)[C@H](C)O2)[C@H](C)[C@@H](O[C@@H]2O[C@H](C)C[C@H](N(C)C)[C@H]2O)C(C)(C)C[C@@H](C)NC[C@H](C)[C@@H](O)[C@]1(C)O. The van der Waals surface area contributed by atoms with Crippen LogP contribution in [0.3, 0.4) is 0 Å². The Labute approximate surface area is 376 Å². The molecule has 0 unspecified atom stereocenters. The van der Waals surface area contributed by atoms with Crippen LogP contribution in [0.15, 0.2) is 30.5 Å². The van der Waals surface area contributed by atoms with E-state index in [-0.39, 0.29) is 43.5 Å². The number of cyclic esters (lactones) is 1. The van der Waals surface area contributed by atoms with E-state index in [1.165, 1.54) is 6.92 Å². The van der Waals surface area contributed by atoms with E-state index in [1.54, 1.807) is 21.0 Å². The first-order valence-corrected chi connectivity index (χ1v) is 23.2. The number of hydrogen-bond acceptors (Lipinski definition) is 14. The summed E-state index contributed by atoms with van der Waals surface area (Å²) in [5.41, 5.74) is -2.94. The van der Waals surface area contributed by atoms with Crippen molar-refractivity contribution in [3.05, 3.63) is 36.0 Å². The van der Waals surface area contributed by atoms with E-state index in [2.05, 4.69) is 42.5 Å². The second-order valence-corrected chi connectivity index (χ2v) is 20.6. The number of methoxy groups -OCH3 is 1. The highest BCUT2D eigenvalue weighted by molar-refractivity contribution is 5.83. The molecule has 0 spiro atoms. The summed E-state index contributed by atoms with van der Waals surface area (Å²) in [5.74, 6) is -2.51. The number of aliphatic hydroxyl groups excluding tert-OH is 2. The quantitative estimate of drug-likeness (QED) is 0.156. The van der Waals surface area contributed by atoms with E-state index in [0.29, 0.717) is 25.9 Å². The van der Waals surface area contributed by atoms with Crippen LogP contribution in [0.2, 0.25) is 0 Å². The number of carbonyl (C=O) groups excluding carboxylic acids is 1. The lowest BCUT2D eigenvalue weighted by Crippen LogP contribution is -2.70. The maximum absolute atomic E-state index is 14.5. The van der Waals surface area contributed by atoms with E-state index < -0.39 is 89.2 Å². The van der Waals surface area contributed by atoms with Gasteiger partial charge in [0.25, 0.3) is 0 Å². The van der Waals surface area contributed by atoms with Gasteiger partial charge in [0.05, 0.1) is 36.4 Å². The van der Waals surface area contributed by atoms with Crippen molar-refractivity contribution in [2.75, 3.05) is 34.3 Å². The third kappa shape index (κ3) is 11.1. The summed E-state index contributed by atoms with van der Waals surface area (Å²) in [6, 6.07) is 7.78. The molecule has 0 bridgehead atoms. The van der Waals surface area contributed by atoms with Gasteiger partial charge >= 0.3 is 5.97 Å². The molecule has 360 valence electrons. The minimum absolute atomic E-state index is 0.0718. The third-order valence-electron chi connectivity index (χ3n) is 14.9. The average molecular weight is 891 g/mol. The van der Waals surface area contributed by atoms with Crippen molar-refractivity contribution in [1.29, 1.82) is 0 Å². The number of rotatable bonds is 11. The Hall–Kier alpha value is -2.25. The summed E-state index contributed by atoms with van der Waals surface area (Å²) in [7, 11) is 5.43. The summed E-state index contributed by atoms with van der Waals surface area (Å²) in [6.07, 6.45) is -4.14. The number of hydrogen-bond donors (Lipinski definition) is 7. The highest BCUT2D eigenvalue weighted by atomic mass is 16.7. The van der Waals surface area contributed by atoms with Crippen LogP contribution in [-0.2, 0) is 39.8 Å². The zero-order valence-electron chi connectivity index (χ0n) is 40.5. The fourth-order valence-electron chi connectivity index (χ4n) is 10.8. The summed E-state index contributed by atoms with van der Waals surface area (Å²) < 4.78 is 39.4. The zero-order valence-corrected chi connectivity index (χ0v) is 40.5. The lowest BCUT2D eigenvalue weighted by molar-refractivity contribution is -0.334. The topological polar surface area (TPSA) is 196 Å². The summed E-state index contributed by atoms with van der Waals surface area (Å²) in [6.45, 7) is 21.9. The number of aromatic amines is 1. The Morgan fingerprint density at radius 1 is 0.968 bits per heavy atom. The van der Waals surface area contributed by atoms with Gasteiger partial charge in [0.15, 0.2) is 12.6 Å². The molecular formula is C48H82N4O11. The predicted octanol–water partition coefficient (Wildman–Crippen LogP) is 4.48. The van der Waals surface area contributed by atoms with Crippen molar-refractivity contribution in [1.82, 2.24) is 20.5 Å². The van der Waals surface area contributed by atoms with E-state index >= 15 is 0 Å². The lowest BCUT2D eigenvalue weighted by atomic mass is 9.72. The standard InChI is InChI=1S/C48H82N4O11/c1-15-37-47(11,56)41(54)27(2)23-50-28(3)21-45(8,9)42(63-44-39(53)36(52(12)13)20-29(4)59-44)30(5)40(31(6)43(55)61-37)62-38-22-46(10,58-14)48(57,32(7)60-38)26-49-24-33-25-51-35-19-17-16-18-34(33)35/h16-19,25,27-32,36-42,44,49-51,53-54,56-57H,15,20-24,26H2,1-14H3/t27-,28+,29+,30-,31+,32-,36-,37+,38+,39+,40+,41+,42+,44-,46-,47+,48+/m0/s1. The molecule has 7 N–H and O–H groups in total. The molecule has 17 atom stereocenters. The maximum Gasteiger partial charge on any atom is 0.311 e. The average Bonchev–Trinajstić information content (AvgIpc) is 3.64. The number of aliphatic hydroxyl groups is 4. The number of likely N-dealkylation sites (N-methyl/N-ethyl adjacent to an activating group) is 1. The Bertz CT molecular complexity index is 1780. The van der Waals surface area contributed by atoms with E-state index in [4.69, 9.17) is 28.4 Å². The number of nitrogens with zero attached hydrogens (tertiary/aromatic N) is 1. The minimum Gasteiger partial charge on any atom is -0.459 e. The van der Waals surface area contributed by atoms with Gasteiger partial charge in [-0.1, -0.05) is 52.8 Å². The van der Waals surface area contributed by atoms with Crippen LogP contribution in [0, 0.1) is 23.2 Å². The fourth-order valence-corrected chi connectivity index (χ4v) is 10.8. The number of nitrogens with one attached hydrogen (secondary N) is 3. The molecule has 5 rings (SSSR count). The van der Waals surface area contributed by atoms with Gasteiger partial charge in [0.2, 0.25) is 0 Å². The number of aromatic nitrogens is 1. The molecule has 15 nitrogen and oxygen atoms in total. The Kier molecular flexibility index (Phi) is 17.0. The van der Waals surface area contributed by atoms with Crippen molar-refractivity contribution in [2.45, 2.75) is 193 Å². The van der Waals surface area contributed by atoms with Gasteiger partial charge in [-0.2, -0.15) is 0 Å². The van der Waals surface area contributed by atoms with Crippen molar-refractivity contribution in [2.24, 2.45) is 23.2 Å². The summed E-state index contributed by atoms with van der Waals surface area (Å²) in [5, 5.41) is 55.7. The van der Waals surface area contributed by atoms with Crippen molar-refractivity contribution in [3.8, 4) is 0 Å². The van der Waals surface area contributed by atoms with Gasteiger partial charge in [0.1, 0.15) is 29.0 Å². The Morgan fingerprint density at radius 2 is 1.65 bits per heavy atom. The van der Waals surface area contributed by atoms with Gasteiger partial charge in [-0.25, -0.2) is 0 Å². The van der Waals surface area contributed by atoms with Gasteiger partial charge in [0, 0.05) is 68.3 Å². The molecule has 0 saturated carbocycles. The first-order valence-electron chi connectivity index (χ1n) is 23.2. The first-order chi connectivity index (χ1) is 29.4. The Morgan fingerprint density at radius 3 is 2.30 bits per heavy atom. The third-order valence-corrected chi connectivity index (χ3v) is 14.9. The highest BCUT2D eigenvalue weighted by Crippen LogP contribution is 2.44. The monoisotopic (exact) mass is 891 g/mol. The molecule has 3 fully saturated rings. The molecule has 0 amide bonds. The number of ether oxygens (including phenoxy) is 6. The van der Waals surface area contributed by atoms with Crippen LogP contribution < -0.4 is 10.6 Å². The van der Waals surface area contributed by atoms with Crippen molar-refractivity contribution >= 4 is 16.9 Å². The van der Waals surface area contributed by atoms with Gasteiger partial charge < -0.3 is 69.4 Å². The number of benzene rings is 1. The fraction of sp³-hybridized carbons (Fsp3) is 0.812. The first kappa shape index (κ1) is 51.7. The van der Waals surface area contributed by atoms with Gasteiger partial charge in [-0.05, 0) is 97.9 Å². The lowest BCUT2D eigenvalue weighted by Gasteiger charge is -2.54. The second kappa shape index (κ2) is 20.7. The summed E-state index contributed by atoms with van der Waals surface area (Å²) in [4.78, 5) is 19.8. The van der Waals surface area contributed by atoms with Crippen LogP contribution in [0.25, 0.3) is 10.9 Å². The van der Waals surface area contributed by atoms with Gasteiger partial charge in [-0.3, -0.25) is 4.79 Å². The molecule has 1 aromatic heterocycles. The molecule has 63 heavy (non-hydrogen) atoms. The molecule has 3 saturated heterocycles. The number of fused-ring (bicyclic) bond motifs is 1. The number of H-pyrrole nitrogens is 1. The van der Waals surface area contributed by atoms with Crippen LogP contribution in [0.4, 0.5) is 0 Å². The Balaban J connectivity index is 1.50. The molecule has 3 aliphatic rings. The normalized spacial score (nSPS) is 42.4. The number of esters is 1. The summed E-state index contributed by atoms with van der Waals surface area (Å²) >= 11 is 0. The maximum atomic E-state index is 14.5. The van der Waals surface area contributed by atoms with E-state index in [1.807, 2.05) is 78.0 Å². The molecule has 0 radical (unpaired) electrons. The van der Waals surface area contributed by atoms with Crippen molar-refractivity contribution < 1.29 is 53.6 Å². The molecule has 15 heteroatoms. The van der Waals surface area contributed by atoms with Crippen LogP contribution in [0.1, 0.15) is 107 Å². The van der Waals surface area contributed by atoms with E-state index in [0.717, 1.165) is 16.5 Å². The minimum atomic E-state index is -1.76. The highest BCUT2D eigenvalue weighted by Gasteiger charge is 2.58. The van der Waals surface area contributed by atoms with Crippen LogP contribution >= 0.6 is 0 Å². The molecular weight excluding hydrogens is 809 g/mol. The molecule has 4 heterocycles. The van der Waals surface area contributed by atoms with Gasteiger partial charge in [-0.15, -0.1) is 0 Å². The zero-order chi connectivity index (χ0) is 46.8. The van der Waals surface area contributed by atoms with Crippen LogP contribution in [0.5, 0.6) is 0 Å². The number of para-hydroxylation sites is 1. The number of carbonyl (C=O) groups is 1.